The van der Waals surface area contributed by atoms with Gasteiger partial charge in [0.25, 0.3) is 5.69 Å². The van der Waals surface area contributed by atoms with Crippen molar-refractivity contribution in [2.75, 3.05) is 6.61 Å². The van der Waals surface area contributed by atoms with Crippen molar-refractivity contribution in [1.29, 1.82) is 0 Å². The van der Waals surface area contributed by atoms with E-state index in [1.165, 1.54) is 11.4 Å². The van der Waals surface area contributed by atoms with E-state index in [0.717, 1.165) is 23.5 Å². The molecule has 0 saturated heterocycles. The second kappa shape index (κ2) is 5.74. The van der Waals surface area contributed by atoms with Gasteiger partial charge in [-0.05, 0) is 19.1 Å². The summed E-state index contributed by atoms with van der Waals surface area (Å²) >= 11 is 1.06. The van der Waals surface area contributed by atoms with Gasteiger partial charge >= 0.3 is 5.97 Å². The van der Waals surface area contributed by atoms with Crippen molar-refractivity contribution in [2.24, 2.45) is 0 Å². The molecular weight excluding hydrogens is 287 g/mol. The molecule has 0 aliphatic rings. The highest BCUT2D eigenvalue weighted by molar-refractivity contribution is 7.13. The number of nitro benzene ring substituents is 1. The number of aromatic nitrogens is 1. The Labute approximate surface area is 117 Å². The first-order chi connectivity index (χ1) is 9.52. The van der Waals surface area contributed by atoms with E-state index < -0.39 is 22.4 Å². The molecule has 0 atom stereocenters. The summed E-state index contributed by atoms with van der Waals surface area (Å²) in [4.78, 5) is 25.7. The van der Waals surface area contributed by atoms with E-state index in [-0.39, 0.29) is 22.9 Å². The minimum absolute atomic E-state index is 0.0745. The number of ether oxygens (including phenoxy) is 1. The molecular formula is C12H9FN2O4S. The molecule has 0 bridgehead atoms. The second-order valence-corrected chi connectivity index (χ2v) is 4.54. The Kier molecular flexibility index (Phi) is 4.04. The number of carbonyl (C=O) groups is 1. The van der Waals surface area contributed by atoms with E-state index in [2.05, 4.69) is 4.98 Å². The number of hydrogen-bond donors (Lipinski definition) is 0. The van der Waals surface area contributed by atoms with E-state index in [9.17, 15) is 19.3 Å². The molecule has 2 aromatic rings. The summed E-state index contributed by atoms with van der Waals surface area (Å²) in [6.45, 7) is 1.87. The number of hydrogen-bond acceptors (Lipinski definition) is 6. The molecule has 0 aliphatic carbocycles. The molecule has 1 heterocycles. The fourth-order valence-electron chi connectivity index (χ4n) is 1.53. The maximum absolute atomic E-state index is 13.1. The van der Waals surface area contributed by atoms with Crippen molar-refractivity contribution in [3.63, 3.8) is 0 Å². The van der Waals surface area contributed by atoms with Crippen LogP contribution in [0.15, 0.2) is 23.6 Å². The van der Waals surface area contributed by atoms with Gasteiger partial charge in [0.2, 0.25) is 0 Å². The van der Waals surface area contributed by atoms with Crippen LogP contribution in [0.1, 0.15) is 17.4 Å². The van der Waals surface area contributed by atoms with Crippen LogP contribution in [0.4, 0.5) is 10.1 Å². The Morgan fingerprint density at radius 1 is 1.55 bits per heavy atom. The van der Waals surface area contributed by atoms with Crippen LogP contribution in [0, 0.1) is 15.9 Å². The van der Waals surface area contributed by atoms with Crippen molar-refractivity contribution in [3.05, 3.63) is 45.2 Å². The monoisotopic (exact) mass is 296 g/mol. The SMILES string of the molecule is CCOC(=O)c1csc(-c2ccc(F)cc2[N+](=O)[O-])n1. The maximum atomic E-state index is 13.1. The van der Waals surface area contributed by atoms with Gasteiger partial charge in [-0.25, -0.2) is 14.2 Å². The molecule has 8 heteroatoms. The zero-order chi connectivity index (χ0) is 14.7. The molecule has 0 unspecified atom stereocenters. The number of halogens is 1. The lowest BCUT2D eigenvalue weighted by Crippen LogP contribution is -2.04. The number of benzene rings is 1. The predicted molar refractivity (Wildman–Crippen MR) is 70.1 cm³/mol. The van der Waals surface area contributed by atoms with Crippen LogP contribution in [0.2, 0.25) is 0 Å². The van der Waals surface area contributed by atoms with E-state index >= 15 is 0 Å². The molecule has 0 saturated carbocycles. The van der Waals surface area contributed by atoms with E-state index in [1.807, 2.05) is 0 Å². The number of nitro groups is 1. The first-order valence-corrected chi connectivity index (χ1v) is 6.48. The third-order valence-electron chi connectivity index (χ3n) is 2.38. The van der Waals surface area contributed by atoms with Crippen molar-refractivity contribution in [2.45, 2.75) is 6.92 Å². The average Bonchev–Trinajstić information content (AvgIpc) is 2.88. The van der Waals surface area contributed by atoms with E-state index in [4.69, 9.17) is 4.74 Å². The van der Waals surface area contributed by atoms with Crippen LogP contribution in [-0.2, 0) is 4.74 Å². The van der Waals surface area contributed by atoms with Gasteiger partial charge in [0, 0.05) is 5.38 Å². The first-order valence-electron chi connectivity index (χ1n) is 5.60. The van der Waals surface area contributed by atoms with Gasteiger partial charge in [0.15, 0.2) is 5.69 Å². The van der Waals surface area contributed by atoms with Gasteiger partial charge in [-0.2, -0.15) is 0 Å². The number of rotatable bonds is 4. The average molecular weight is 296 g/mol. The molecule has 0 spiro atoms. The van der Waals surface area contributed by atoms with Gasteiger partial charge < -0.3 is 4.74 Å². The molecule has 1 aromatic carbocycles. The minimum atomic E-state index is -0.706. The van der Waals surface area contributed by atoms with Crippen molar-refractivity contribution < 1.29 is 18.8 Å². The fourth-order valence-corrected chi connectivity index (χ4v) is 2.36. The molecule has 20 heavy (non-hydrogen) atoms. The summed E-state index contributed by atoms with van der Waals surface area (Å²) in [5, 5.41) is 12.6. The Morgan fingerprint density at radius 3 is 2.95 bits per heavy atom. The van der Waals surface area contributed by atoms with Crippen LogP contribution in [0.5, 0.6) is 0 Å². The second-order valence-electron chi connectivity index (χ2n) is 3.68. The lowest BCUT2D eigenvalue weighted by molar-refractivity contribution is -0.384. The predicted octanol–water partition coefficient (Wildman–Crippen LogP) is 3.03. The fraction of sp³-hybridized carbons (Fsp3) is 0.167. The summed E-state index contributed by atoms with van der Waals surface area (Å²) in [5.41, 5.74) is -0.155. The highest BCUT2D eigenvalue weighted by Gasteiger charge is 2.20. The third kappa shape index (κ3) is 2.80. The highest BCUT2D eigenvalue weighted by atomic mass is 32.1. The number of thiazole rings is 1. The Bertz CT molecular complexity index is 671. The largest absolute Gasteiger partial charge is 0.461 e. The minimum Gasteiger partial charge on any atom is -0.461 e. The highest BCUT2D eigenvalue weighted by Crippen LogP contribution is 2.32. The first kappa shape index (κ1) is 14.1. The molecule has 0 radical (unpaired) electrons. The standard InChI is InChI=1S/C12H9FN2O4S/c1-2-19-12(16)9-6-20-11(14-9)8-4-3-7(13)5-10(8)15(17)18/h3-6H,2H2,1H3. The van der Waals surface area contributed by atoms with Crippen LogP contribution >= 0.6 is 11.3 Å². The number of nitrogens with zero attached hydrogens (tertiary/aromatic N) is 2. The summed E-state index contributed by atoms with van der Waals surface area (Å²) in [6.07, 6.45) is 0. The maximum Gasteiger partial charge on any atom is 0.357 e. The third-order valence-corrected chi connectivity index (χ3v) is 3.25. The van der Waals surface area contributed by atoms with Gasteiger partial charge in [-0.15, -0.1) is 11.3 Å². The van der Waals surface area contributed by atoms with Crippen LogP contribution in [0.3, 0.4) is 0 Å². The molecule has 1 aromatic heterocycles. The molecule has 0 fully saturated rings. The van der Waals surface area contributed by atoms with Crippen LogP contribution in [-0.4, -0.2) is 22.5 Å². The van der Waals surface area contributed by atoms with Crippen molar-refractivity contribution >= 4 is 23.0 Å². The Balaban J connectivity index is 2.42. The van der Waals surface area contributed by atoms with Crippen molar-refractivity contribution in [1.82, 2.24) is 4.98 Å². The molecule has 6 nitrogen and oxygen atoms in total. The number of carbonyl (C=O) groups excluding carboxylic acids is 1. The van der Waals surface area contributed by atoms with Crippen LogP contribution in [0.25, 0.3) is 10.6 Å². The lowest BCUT2D eigenvalue weighted by Gasteiger charge is -1.99. The number of esters is 1. The molecule has 2 rings (SSSR count). The zero-order valence-electron chi connectivity index (χ0n) is 10.3. The topological polar surface area (TPSA) is 82.3 Å². The smallest absolute Gasteiger partial charge is 0.357 e. The van der Waals surface area contributed by atoms with Gasteiger partial charge in [0.1, 0.15) is 10.8 Å². The summed E-state index contributed by atoms with van der Waals surface area (Å²) in [7, 11) is 0. The van der Waals surface area contributed by atoms with Gasteiger partial charge in [0.05, 0.1) is 23.2 Å². The van der Waals surface area contributed by atoms with Gasteiger partial charge in [-0.3, -0.25) is 10.1 Å². The van der Waals surface area contributed by atoms with E-state index in [0.29, 0.717) is 0 Å². The van der Waals surface area contributed by atoms with Crippen LogP contribution < -0.4 is 0 Å². The summed E-state index contributed by atoms with van der Waals surface area (Å²) in [6, 6.07) is 3.19. The van der Waals surface area contributed by atoms with E-state index in [1.54, 1.807) is 6.92 Å². The molecule has 0 aliphatic heterocycles. The lowest BCUT2D eigenvalue weighted by atomic mass is 10.2. The summed E-state index contributed by atoms with van der Waals surface area (Å²) in [5.74, 6) is -1.30. The Hall–Kier alpha value is -2.35. The molecule has 0 N–H and O–H groups in total. The normalized spacial score (nSPS) is 10.3. The molecule has 104 valence electrons. The molecule has 0 amide bonds. The summed E-state index contributed by atoms with van der Waals surface area (Å²) < 4.78 is 17.8. The zero-order valence-corrected chi connectivity index (χ0v) is 11.1. The van der Waals surface area contributed by atoms with Gasteiger partial charge in [-0.1, -0.05) is 0 Å². The Morgan fingerprint density at radius 2 is 2.30 bits per heavy atom. The quantitative estimate of drug-likeness (QED) is 0.492. The van der Waals surface area contributed by atoms with Crippen molar-refractivity contribution in [3.8, 4) is 10.6 Å².